The minimum absolute atomic E-state index is 0.427. The fourth-order valence-corrected chi connectivity index (χ4v) is 2.70. The summed E-state index contributed by atoms with van der Waals surface area (Å²) in [6.45, 7) is 10.9. The normalized spacial score (nSPS) is 12.0. The average Bonchev–Trinajstić information content (AvgIpc) is 2.46. The summed E-state index contributed by atoms with van der Waals surface area (Å²) in [6.07, 6.45) is 0. The highest BCUT2D eigenvalue weighted by molar-refractivity contribution is 6.03. The Hall–Kier alpha value is -1.96. The molecule has 3 rings (SSSR count). The molecule has 21 heavy (non-hydrogen) atoms. The van der Waals surface area contributed by atoms with Gasteiger partial charge in [-0.1, -0.05) is 45.9 Å². The van der Waals surface area contributed by atoms with Crippen LogP contribution in [0.1, 0.15) is 56.5 Å². The Morgan fingerprint density at radius 1 is 0.762 bits per heavy atom. The number of aryl methyl sites for hydroxylation is 1. The van der Waals surface area contributed by atoms with Gasteiger partial charge in [0.25, 0.3) is 0 Å². The van der Waals surface area contributed by atoms with Gasteiger partial charge in [0, 0.05) is 22.2 Å². The van der Waals surface area contributed by atoms with E-state index in [2.05, 4.69) is 65.0 Å². The predicted molar refractivity (Wildman–Crippen MR) is 90.0 cm³/mol. The topological polar surface area (TPSA) is 25.8 Å². The SMILES string of the molecule is Cc1cc(C(C)C)nc2c1ccc1ccc(C(C)C)nc12. The van der Waals surface area contributed by atoms with Crippen LogP contribution in [-0.4, -0.2) is 9.97 Å². The van der Waals surface area contributed by atoms with Crippen molar-refractivity contribution in [2.75, 3.05) is 0 Å². The zero-order chi connectivity index (χ0) is 15.1. The number of hydrogen-bond donors (Lipinski definition) is 0. The van der Waals surface area contributed by atoms with E-state index in [1.165, 1.54) is 16.3 Å². The number of rotatable bonds is 2. The van der Waals surface area contributed by atoms with Gasteiger partial charge in [-0.15, -0.1) is 0 Å². The molecule has 1 aromatic carbocycles. The summed E-state index contributed by atoms with van der Waals surface area (Å²) in [5.74, 6) is 0.857. The standard InChI is InChI=1S/C19H22N2/c1-11(2)16-9-7-14-6-8-15-13(5)10-17(12(3)4)21-19(15)18(14)20-16/h6-12H,1-5H3. The van der Waals surface area contributed by atoms with Crippen LogP contribution in [0.15, 0.2) is 30.3 Å². The molecule has 2 aromatic heterocycles. The van der Waals surface area contributed by atoms with Crippen molar-refractivity contribution >= 4 is 21.8 Å². The molecule has 0 unspecified atom stereocenters. The van der Waals surface area contributed by atoms with Crippen molar-refractivity contribution in [1.82, 2.24) is 9.97 Å². The third-order valence-electron chi connectivity index (χ3n) is 4.07. The van der Waals surface area contributed by atoms with Gasteiger partial charge in [-0.25, -0.2) is 0 Å². The first-order valence-electron chi connectivity index (χ1n) is 7.68. The number of fused-ring (bicyclic) bond motifs is 3. The monoisotopic (exact) mass is 278 g/mol. The third kappa shape index (κ3) is 2.39. The third-order valence-corrected chi connectivity index (χ3v) is 4.07. The lowest BCUT2D eigenvalue weighted by Crippen LogP contribution is -1.98. The summed E-state index contributed by atoms with van der Waals surface area (Å²) in [4.78, 5) is 9.78. The zero-order valence-corrected chi connectivity index (χ0v) is 13.4. The molecule has 108 valence electrons. The van der Waals surface area contributed by atoms with E-state index in [0.717, 1.165) is 22.4 Å². The van der Waals surface area contributed by atoms with Gasteiger partial charge in [0.1, 0.15) is 0 Å². The Kier molecular flexibility index (Phi) is 3.40. The summed E-state index contributed by atoms with van der Waals surface area (Å²) in [5.41, 5.74) is 5.62. The first kappa shape index (κ1) is 14.0. The second-order valence-corrected chi connectivity index (χ2v) is 6.44. The second-order valence-electron chi connectivity index (χ2n) is 6.44. The molecule has 0 atom stereocenters. The van der Waals surface area contributed by atoms with E-state index in [-0.39, 0.29) is 0 Å². The van der Waals surface area contributed by atoms with Gasteiger partial charge in [0.2, 0.25) is 0 Å². The second kappa shape index (κ2) is 5.10. The molecule has 0 saturated heterocycles. The highest BCUT2D eigenvalue weighted by Crippen LogP contribution is 2.28. The van der Waals surface area contributed by atoms with Crippen LogP contribution in [0.3, 0.4) is 0 Å². The Labute approximate surface area is 126 Å². The Bertz CT molecular complexity index is 817. The molecule has 0 spiro atoms. The predicted octanol–water partition coefficient (Wildman–Crippen LogP) is 5.34. The minimum atomic E-state index is 0.427. The van der Waals surface area contributed by atoms with Crippen molar-refractivity contribution in [1.29, 1.82) is 0 Å². The van der Waals surface area contributed by atoms with Gasteiger partial charge < -0.3 is 0 Å². The maximum absolute atomic E-state index is 4.90. The van der Waals surface area contributed by atoms with E-state index in [0.29, 0.717) is 11.8 Å². The van der Waals surface area contributed by atoms with Crippen LogP contribution in [-0.2, 0) is 0 Å². The van der Waals surface area contributed by atoms with Gasteiger partial charge in [0.15, 0.2) is 0 Å². The van der Waals surface area contributed by atoms with E-state index in [1.807, 2.05) is 0 Å². The molecular weight excluding hydrogens is 256 g/mol. The van der Waals surface area contributed by atoms with Gasteiger partial charge in [-0.05, 0) is 36.5 Å². The first-order chi connectivity index (χ1) is 9.97. The lowest BCUT2D eigenvalue weighted by molar-refractivity contribution is 0.825. The molecule has 0 aliphatic rings. The minimum Gasteiger partial charge on any atom is -0.250 e. The largest absolute Gasteiger partial charge is 0.250 e. The van der Waals surface area contributed by atoms with Crippen LogP contribution in [0.4, 0.5) is 0 Å². The average molecular weight is 278 g/mol. The summed E-state index contributed by atoms with van der Waals surface area (Å²) < 4.78 is 0. The van der Waals surface area contributed by atoms with Crippen LogP contribution in [0, 0.1) is 6.92 Å². The molecule has 0 aliphatic carbocycles. The van der Waals surface area contributed by atoms with E-state index in [9.17, 15) is 0 Å². The molecule has 0 amide bonds. The molecule has 0 fully saturated rings. The van der Waals surface area contributed by atoms with Crippen molar-refractivity contribution in [2.24, 2.45) is 0 Å². The van der Waals surface area contributed by atoms with E-state index >= 15 is 0 Å². The number of nitrogens with zero attached hydrogens (tertiary/aromatic N) is 2. The van der Waals surface area contributed by atoms with Crippen molar-refractivity contribution in [3.05, 3.63) is 47.3 Å². The quantitative estimate of drug-likeness (QED) is 0.591. The summed E-state index contributed by atoms with van der Waals surface area (Å²) in [6, 6.07) is 10.8. The number of aromatic nitrogens is 2. The van der Waals surface area contributed by atoms with Crippen LogP contribution in [0.25, 0.3) is 21.8 Å². The number of benzene rings is 1. The highest BCUT2D eigenvalue weighted by Gasteiger charge is 2.11. The maximum atomic E-state index is 4.90. The molecule has 3 aromatic rings. The van der Waals surface area contributed by atoms with Gasteiger partial charge in [0.05, 0.1) is 11.0 Å². The van der Waals surface area contributed by atoms with Gasteiger partial charge in [-0.2, -0.15) is 0 Å². The fraction of sp³-hybridized carbons (Fsp3) is 0.368. The lowest BCUT2D eigenvalue weighted by Gasteiger charge is -2.12. The molecule has 0 aliphatic heterocycles. The van der Waals surface area contributed by atoms with E-state index in [4.69, 9.17) is 9.97 Å². The van der Waals surface area contributed by atoms with Crippen molar-refractivity contribution in [3.63, 3.8) is 0 Å². The van der Waals surface area contributed by atoms with Crippen LogP contribution >= 0.6 is 0 Å². The van der Waals surface area contributed by atoms with Gasteiger partial charge in [-0.3, -0.25) is 9.97 Å². The highest BCUT2D eigenvalue weighted by atomic mass is 14.8. The van der Waals surface area contributed by atoms with Crippen LogP contribution < -0.4 is 0 Å². The van der Waals surface area contributed by atoms with Crippen molar-refractivity contribution < 1.29 is 0 Å². The molecule has 0 radical (unpaired) electrons. The lowest BCUT2D eigenvalue weighted by atomic mass is 10.0. The summed E-state index contributed by atoms with van der Waals surface area (Å²) in [5, 5.41) is 2.38. The first-order valence-corrected chi connectivity index (χ1v) is 7.68. The molecule has 0 saturated carbocycles. The Balaban J connectivity index is 2.41. The molecular formula is C19H22N2. The summed E-state index contributed by atoms with van der Waals surface area (Å²) in [7, 11) is 0. The molecule has 0 N–H and O–H groups in total. The van der Waals surface area contributed by atoms with Crippen LogP contribution in [0.5, 0.6) is 0 Å². The molecule has 0 bridgehead atoms. The molecule has 2 heteroatoms. The maximum Gasteiger partial charge on any atom is 0.0970 e. The van der Waals surface area contributed by atoms with Crippen molar-refractivity contribution in [2.45, 2.75) is 46.5 Å². The molecule has 2 heterocycles. The molecule has 2 nitrogen and oxygen atoms in total. The summed E-state index contributed by atoms with van der Waals surface area (Å²) >= 11 is 0. The van der Waals surface area contributed by atoms with Crippen molar-refractivity contribution in [3.8, 4) is 0 Å². The Morgan fingerprint density at radius 3 is 2.05 bits per heavy atom. The van der Waals surface area contributed by atoms with Crippen LogP contribution in [0.2, 0.25) is 0 Å². The number of pyridine rings is 2. The smallest absolute Gasteiger partial charge is 0.0970 e. The zero-order valence-electron chi connectivity index (χ0n) is 13.4. The fourth-order valence-electron chi connectivity index (χ4n) is 2.70. The number of hydrogen-bond acceptors (Lipinski definition) is 2. The van der Waals surface area contributed by atoms with E-state index in [1.54, 1.807) is 0 Å². The van der Waals surface area contributed by atoms with E-state index < -0.39 is 0 Å². The Morgan fingerprint density at radius 2 is 1.38 bits per heavy atom. The van der Waals surface area contributed by atoms with Gasteiger partial charge >= 0.3 is 0 Å².